The molecule has 1 amide bonds. The van der Waals surface area contributed by atoms with Gasteiger partial charge in [0.1, 0.15) is 0 Å². The van der Waals surface area contributed by atoms with Gasteiger partial charge in [-0.3, -0.25) is 14.9 Å². The van der Waals surface area contributed by atoms with Gasteiger partial charge in [0.2, 0.25) is 0 Å². The van der Waals surface area contributed by atoms with Crippen molar-refractivity contribution in [3.63, 3.8) is 0 Å². The molecule has 0 aliphatic heterocycles. The van der Waals surface area contributed by atoms with Crippen LogP contribution >= 0.6 is 0 Å². The van der Waals surface area contributed by atoms with Crippen LogP contribution in [0.1, 0.15) is 36.2 Å². The standard InChI is InChI=1S/C15H19N3O3/c1-11(2)10-17(8-4-7-16)15(19)14-6-5-13(18(20)21)9-12(14)3/h5-6,9,11H,4,8,10H2,1-3H3. The number of nitro benzene ring substituents is 1. The molecule has 0 saturated carbocycles. The number of nitriles is 1. The maximum Gasteiger partial charge on any atom is 0.269 e. The Labute approximate surface area is 124 Å². The minimum Gasteiger partial charge on any atom is -0.337 e. The maximum atomic E-state index is 12.5. The summed E-state index contributed by atoms with van der Waals surface area (Å²) in [5, 5.41) is 19.4. The Morgan fingerprint density at radius 2 is 2.14 bits per heavy atom. The lowest BCUT2D eigenvalue weighted by Gasteiger charge is -2.24. The molecule has 21 heavy (non-hydrogen) atoms. The van der Waals surface area contributed by atoms with Crippen LogP contribution in [0.4, 0.5) is 5.69 Å². The highest BCUT2D eigenvalue weighted by Crippen LogP contribution is 2.19. The average Bonchev–Trinajstić information content (AvgIpc) is 2.42. The molecule has 0 unspecified atom stereocenters. The quantitative estimate of drug-likeness (QED) is 0.595. The van der Waals surface area contributed by atoms with Crippen molar-refractivity contribution >= 4 is 11.6 Å². The van der Waals surface area contributed by atoms with E-state index in [1.807, 2.05) is 19.9 Å². The molecule has 1 rings (SSSR count). The third kappa shape index (κ3) is 4.56. The van der Waals surface area contributed by atoms with Crippen LogP contribution < -0.4 is 0 Å². The summed E-state index contributed by atoms with van der Waals surface area (Å²) in [6.07, 6.45) is 0.268. The van der Waals surface area contributed by atoms with E-state index in [-0.39, 0.29) is 23.9 Å². The molecule has 0 aromatic heterocycles. The fourth-order valence-corrected chi connectivity index (χ4v) is 2.07. The SMILES string of the molecule is Cc1cc([N+](=O)[O-])ccc1C(=O)N(CCC#N)CC(C)C. The molecule has 0 aliphatic rings. The Kier molecular flexibility index (Phi) is 5.85. The number of carbonyl (C=O) groups is 1. The van der Waals surface area contributed by atoms with Crippen LogP contribution in [0.15, 0.2) is 18.2 Å². The summed E-state index contributed by atoms with van der Waals surface area (Å²) >= 11 is 0. The van der Waals surface area contributed by atoms with Gasteiger partial charge in [0, 0.05) is 30.8 Å². The summed E-state index contributed by atoms with van der Waals surface area (Å²) in [6, 6.07) is 6.24. The second kappa shape index (κ2) is 7.39. The highest BCUT2D eigenvalue weighted by molar-refractivity contribution is 5.96. The number of nitrogens with zero attached hydrogens (tertiary/aromatic N) is 3. The van der Waals surface area contributed by atoms with E-state index >= 15 is 0 Å². The first-order valence-electron chi connectivity index (χ1n) is 6.78. The Hall–Kier alpha value is -2.42. The van der Waals surface area contributed by atoms with Gasteiger partial charge in [-0.1, -0.05) is 13.8 Å². The lowest BCUT2D eigenvalue weighted by atomic mass is 10.1. The zero-order chi connectivity index (χ0) is 16.0. The molecule has 1 aromatic rings. The molecule has 0 spiro atoms. The maximum absolute atomic E-state index is 12.5. The molecule has 1 aromatic carbocycles. The summed E-state index contributed by atoms with van der Waals surface area (Å²) < 4.78 is 0. The highest BCUT2D eigenvalue weighted by atomic mass is 16.6. The summed E-state index contributed by atoms with van der Waals surface area (Å²) in [5.74, 6) is 0.0948. The number of non-ortho nitro benzene ring substituents is 1. The fraction of sp³-hybridized carbons (Fsp3) is 0.467. The third-order valence-electron chi connectivity index (χ3n) is 3.02. The van der Waals surface area contributed by atoms with Gasteiger partial charge in [-0.25, -0.2) is 0 Å². The van der Waals surface area contributed by atoms with Gasteiger partial charge in [-0.05, 0) is 24.5 Å². The van der Waals surface area contributed by atoms with E-state index in [9.17, 15) is 14.9 Å². The van der Waals surface area contributed by atoms with Crippen molar-refractivity contribution in [2.45, 2.75) is 27.2 Å². The minimum absolute atomic E-state index is 0.0310. The number of aryl methyl sites for hydroxylation is 1. The van der Waals surface area contributed by atoms with Gasteiger partial charge in [-0.15, -0.1) is 0 Å². The molecular weight excluding hydrogens is 270 g/mol. The van der Waals surface area contributed by atoms with Crippen molar-refractivity contribution in [1.82, 2.24) is 4.90 Å². The van der Waals surface area contributed by atoms with Gasteiger partial charge < -0.3 is 4.90 Å². The molecular formula is C15H19N3O3. The average molecular weight is 289 g/mol. The minimum atomic E-state index is -0.483. The number of hydrogen-bond donors (Lipinski definition) is 0. The normalized spacial score (nSPS) is 10.2. The van der Waals surface area contributed by atoms with E-state index in [2.05, 4.69) is 0 Å². The van der Waals surface area contributed by atoms with Crippen LogP contribution in [0.25, 0.3) is 0 Å². The van der Waals surface area contributed by atoms with Crippen LogP contribution in [0.2, 0.25) is 0 Å². The van der Waals surface area contributed by atoms with E-state index in [1.54, 1.807) is 11.8 Å². The van der Waals surface area contributed by atoms with Crippen molar-refractivity contribution in [1.29, 1.82) is 5.26 Å². The van der Waals surface area contributed by atoms with Crippen LogP contribution in [-0.2, 0) is 0 Å². The second-order valence-corrected chi connectivity index (χ2v) is 5.31. The number of hydrogen-bond acceptors (Lipinski definition) is 4. The van der Waals surface area contributed by atoms with Crippen LogP contribution in [0.3, 0.4) is 0 Å². The van der Waals surface area contributed by atoms with E-state index in [1.165, 1.54) is 18.2 Å². The number of rotatable bonds is 6. The summed E-state index contributed by atoms with van der Waals surface area (Å²) in [4.78, 5) is 24.4. The molecule has 0 saturated heterocycles. The van der Waals surface area contributed by atoms with Crippen molar-refractivity contribution in [2.75, 3.05) is 13.1 Å². The van der Waals surface area contributed by atoms with E-state index in [0.29, 0.717) is 24.2 Å². The lowest BCUT2D eigenvalue weighted by molar-refractivity contribution is -0.384. The second-order valence-electron chi connectivity index (χ2n) is 5.31. The summed E-state index contributed by atoms with van der Waals surface area (Å²) in [6.45, 7) is 6.59. The number of benzene rings is 1. The molecule has 6 nitrogen and oxygen atoms in total. The Morgan fingerprint density at radius 1 is 1.48 bits per heavy atom. The van der Waals surface area contributed by atoms with Gasteiger partial charge in [0.05, 0.1) is 17.4 Å². The largest absolute Gasteiger partial charge is 0.337 e. The van der Waals surface area contributed by atoms with Gasteiger partial charge in [0.25, 0.3) is 11.6 Å². The summed E-state index contributed by atoms with van der Waals surface area (Å²) in [5.41, 5.74) is 0.982. The van der Waals surface area contributed by atoms with Gasteiger partial charge in [0.15, 0.2) is 0 Å². The van der Waals surface area contributed by atoms with Crippen LogP contribution in [-0.4, -0.2) is 28.8 Å². The fourth-order valence-electron chi connectivity index (χ4n) is 2.07. The van der Waals surface area contributed by atoms with Crippen molar-refractivity contribution in [2.24, 2.45) is 5.92 Å². The third-order valence-corrected chi connectivity index (χ3v) is 3.02. The van der Waals surface area contributed by atoms with Crippen LogP contribution in [0.5, 0.6) is 0 Å². The van der Waals surface area contributed by atoms with Crippen molar-refractivity contribution in [3.8, 4) is 6.07 Å². The molecule has 0 atom stereocenters. The number of carbonyl (C=O) groups excluding carboxylic acids is 1. The van der Waals surface area contributed by atoms with Crippen molar-refractivity contribution < 1.29 is 9.72 Å². The molecule has 0 fully saturated rings. The van der Waals surface area contributed by atoms with Crippen LogP contribution in [0, 0.1) is 34.3 Å². The number of amides is 1. The zero-order valence-corrected chi connectivity index (χ0v) is 12.5. The van der Waals surface area contributed by atoms with E-state index < -0.39 is 4.92 Å². The lowest BCUT2D eigenvalue weighted by Crippen LogP contribution is -2.35. The topological polar surface area (TPSA) is 87.2 Å². The zero-order valence-electron chi connectivity index (χ0n) is 12.5. The first-order valence-corrected chi connectivity index (χ1v) is 6.78. The van der Waals surface area contributed by atoms with Gasteiger partial charge >= 0.3 is 0 Å². The molecule has 0 aliphatic carbocycles. The Bertz CT molecular complexity index is 576. The molecule has 0 radical (unpaired) electrons. The van der Waals surface area contributed by atoms with Crippen molar-refractivity contribution in [3.05, 3.63) is 39.4 Å². The Balaban J connectivity index is 3.03. The monoisotopic (exact) mass is 289 g/mol. The van der Waals surface area contributed by atoms with Gasteiger partial charge in [-0.2, -0.15) is 5.26 Å². The molecule has 112 valence electrons. The highest BCUT2D eigenvalue weighted by Gasteiger charge is 2.20. The molecule has 0 bridgehead atoms. The predicted octanol–water partition coefficient (Wildman–Crippen LogP) is 2.92. The molecule has 0 N–H and O–H groups in total. The van der Waals surface area contributed by atoms with E-state index in [0.717, 1.165) is 0 Å². The predicted molar refractivity (Wildman–Crippen MR) is 78.8 cm³/mol. The molecule has 6 heteroatoms. The smallest absolute Gasteiger partial charge is 0.269 e. The van der Waals surface area contributed by atoms with E-state index in [4.69, 9.17) is 5.26 Å². The first kappa shape index (κ1) is 16.6. The summed E-state index contributed by atoms with van der Waals surface area (Å²) in [7, 11) is 0. The number of nitro groups is 1. The first-order chi connectivity index (χ1) is 9.86. The Morgan fingerprint density at radius 3 is 2.62 bits per heavy atom. The molecule has 0 heterocycles.